The molecular weight excluding hydrogens is 300 g/mol. The van der Waals surface area contributed by atoms with Crippen LogP contribution in [-0.2, 0) is 0 Å². The van der Waals surface area contributed by atoms with Crippen LogP contribution in [0.1, 0.15) is 23.3 Å². The van der Waals surface area contributed by atoms with Gasteiger partial charge >= 0.3 is 0 Å². The molecule has 0 aliphatic heterocycles. The minimum Gasteiger partial charge on any atom is -0.507 e. The number of para-hydroxylation sites is 1. The largest absolute Gasteiger partial charge is 0.507 e. The van der Waals surface area contributed by atoms with Crippen molar-refractivity contribution < 1.29 is 25.2 Å². The third-order valence-corrected chi connectivity index (χ3v) is 2.54. The van der Waals surface area contributed by atoms with Gasteiger partial charge in [-0.15, -0.1) is 0 Å². The van der Waals surface area contributed by atoms with E-state index in [-0.39, 0.29) is 30.2 Å². The topological polar surface area (TPSA) is 122 Å². The van der Waals surface area contributed by atoms with Crippen molar-refractivity contribution >= 4 is 12.1 Å². The highest BCUT2D eigenvalue weighted by Gasteiger charge is 2.07. The quantitative estimate of drug-likeness (QED) is 0.335. The molecule has 124 valence electrons. The predicted octanol–water partition coefficient (Wildman–Crippen LogP) is 1.81. The molecule has 0 spiro atoms. The molecule has 7 heteroatoms. The van der Waals surface area contributed by atoms with Crippen molar-refractivity contribution in [3.8, 4) is 17.2 Å². The zero-order valence-electron chi connectivity index (χ0n) is 11.8. The number of phenols is 3. The van der Waals surface area contributed by atoms with Crippen LogP contribution in [0.25, 0.3) is 0 Å². The summed E-state index contributed by atoms with van der Waals surface area (Å²) in [5.41, 5.74) is 2.86. The molecule has 0 bridgehead atoms. The average Bonchev–Trinajstić information content (AvgIpc) is 2.53. The van der Waals surface area contributed by atoms with Crippen LogP contribution in [-0.4, -0.2) is 39.7 Å². The molecule has 2 rings (SSSR count). The normalized spacial score (nSPS) is 9.48. The number of carbonyl (C=O) groups is 1. The fourth-order valence-corrected chi connectivity index (χ4v) is 1.49. The number of aliphatic hydroxyl groups excluding tert-OH is 1. The molecule has 0 aliphatic rings. The van der Waals surface area contributed by atoms with Crippen molar-refractivity contribution in [3.63, 3.8) is 0 Å². The Kier molecular flexibility index (Phi) is 8.50. The molecule has 0 heterocycles. The second-order valence-corrected chi connectivity index (χ2v) is 3.96. The zero-order valence-corrected chi connectivity index (χ0v) is 11.8. The number of phenolic OH excluding ortho intramolecular Hbond substituents is 3. The maximum absolute atomic E-state index is 11.7. The molecule has 0 fully saturated rings. The molecule has 5 N–H and O–H groups in total. The first-order valence-corrected chi connectivity index (χ1v) is 6.16. The summed E-state index contributed by atoms with van der Waals surface area (Å²) in [7, 11) is 1.00. The molecule has 23 heavy (non-hydrogen) atoms. The Hall–Kier alpha value is -3.06. The summed E-state index contributed by atoms with van der Waals surface area (Å²) in [5.74, 6) is -1.19. The van der Waals surface area contributed by atoms with Gasteiger partial charge in [0.2, 0.25) is 0 Å². The van der Waals surface area contributed by atoms with Crippen molar-refractivity contribution in [2.24, 2.45) is 5.10 Å². The summed E-state index contributed by atoms with van der Waals surface area (Å²) in [6.07, 6.45) is 1.30. The number of benzene rings is 2. The van der Waals surface area contributed by atoms with Crippen molar-refractivity contribution in [1.82, 2.24) is 5.43 Å². The molecule has 1 amide bonds. The summed E-state index contributed by atoms with van der Waals surface area (Å²) >= 11 is 0. The van der Waals surface area contributed by atoms with E-state index in [1.54, 1.807) is 18.2 Å². The first-order valence-electron chi connectivity index (χ1n) is 6.16. The first-order chi connectivity index (χ1) is 10.6. The maximum Gasteiger partial charge on any atom is 0.271 e. The van der Waals surface area contributed by atoms with Gasteiger partial charge < -0.3 is 20.4 Å². The van der Waals surface area contributed by atoms with E-state index in [9.17, 15) is 15.0 Å². The van der Waals surface area contributed by atoms with Gasteiger partial charge in [0.05, 0.1) is 6.21 Å². The summed E-state index contributed by atoms with van der Waals surface area (Å²) in [4.78, 5) is 11.7. The Morgan fingerprint density at radius 2 is 1.65 bits per heavy atom. The number of hydrogen-bond acceptors (Lipinski definition) is 6. The number of hydrazone groups is 1. The smallest absolute Gasteiger partial charge is 0.271 e. The Bertz CT molecular complexity index is 671. The lowest BCUT2D eigenvalue weighted by Crippen LogP contribution is -2.17. The van der Waals surface area contributed by atoms with E-state index in [1.165, 1.54) is 24.4 Å². The highest BCUT2D eigenvalue weighted by atomic mass is 16.3. The number of carbonyl (C=O) groups excluding carboxylic acids is 1. The van der Waals surface area contributed by atoms with Crippen LogP contribution in [0.4, 0.5) is 0 Å². The maximum atomic E-state index is 11.7. The standard InChI is InChI=1S/C14H12N2O4.CH4O.CH4/c17-11-4-2-1-3-10(11)8-15-16-14(20)9-5-6-12(18)13(19)7-9;1-2;/h1-8,17-19H,(H,16,20);2H,1H3;1H4/b15-8+;;. The Labute approximate surface area is 134 Å². The summed E-state index contributed by atoms with van der Waals surface area (Å²) in [5, 5.41) is 38.6. The second kappa shape index (κ2) is 9.80. The molecule has 7 nitrogen and oxygen atoms in total. The van der Waals surface area contributed by atoms with E-state index in [4.69, 9.17) is 10.2 Å². The highest BCUT2D eigenvalue weighted by Crippen LogP contribution is 2.24. The molecule has 0 unspecified atom stereocenters. The molecule has 2 aromatic carbocycles. The van der Waals surface area contributed by atoms with Gasteiger partial charge in [0, 0.05) is 18.2 Å². The molecule has 0 saturated heterocycles. The van der Waals surface area contributed by atoms with Crippen molar-refractivity contribution in [2.75, 3.05) is 7.11 Å². The van der Waals surface area contributed by atoms with Gasteiger partial charge in [-0.1, -0.05) is 19.6 Å². The molecule has 0 aliphatic carbocycles. The average molecular weight is 320 g/mol. The molecule has 2 aromatic rings. The number of aromatic hydroxyl groups is 3. The minimum atomic E-state index is -0.549. The molecule has 0 atom stereocenters. The fraction of sp³-hybridized carbons (Fsp3) is 0.125. The van der Waals surface area contributed by atoms with Crippen LogP contribution in [0.5, 0.6) is 17.2 Å². The van der Waals surface area contributed by atoms with Crippen LogP contribution < -0.4 is 5.43 Å². The predicted molar refractivity (Wildman–Crippen MR) is 87.8 cm³/mol. The van der Waals surface area contributed by atoms with E-state index >= 15 is 0 Å². The molecule has 0 radical (unpaired) electrons. The van der Waals surface area contributed by atoms with Gasteiger partial charge in [-0.3, -0.25) is 4.79 Å². The van der Waals surface area contributed by atoms with Crippen molar-refractivity contribution in [1.29, 1.82) is 0 Å². The van der Waals surface area contributed by atoms with E-state index in [0.717, 1.165) is 13.2 Å². The van der Waals surface area contributed by atoms with E-state index in [0.29, 0.717) is 5.56 Å². The Morgan fingerprint density at radius 3 is 2.26 bits per heavy atom. The number of rotatable bonds is 3. The van der Waals surface area contributed by atoms with Crippen LogP contribution in [0, 0.1) is 0 Å². The van der Waals surface area contributed by atoms with Crippen LogP contribution in [0.15, 0.2) is 47.6 Å². The van der Waals surface area contributed by atoms with Gasteiger partial charge in [-0.25, -0.2) is 5.43 Å². The van der Waals surface area contributed by atoms with Gasteiger partial charge in [-0.05, 0) is 30.3 Å². The number of nitrogens with zero attached hydrogens (tertiary/aromatic N) is 1. The van der Waals surface area contributed by atoms with Crippen LogP contribution >= 0.6 is 0 Å². The van der Waals surface area contributed by atoms with Crippen LogP contribution in [0.3, 0.4) is 0 Å². The minimum absolute atomic E-state index is 0. The Balaban J connectivity index is 0.00000155. The third kappa shape index (κ3) is 5.68. The lowest BCUT2D eigenvalue weighted by Gasteiger charge is -2.02. The Morgan fingerprint density at radius 1 is 1.00 bits per heavy atom. The number of amides is 1. The highest BCUT2D eigenvalue weighted by molar-refractivity contribution is 5.95. The summed E-state index contributed by atoms with van der Waals surface area (Å²) in [6, 6.07) is 10.2. The van der Waals surface area contributed by atoms with Gasteiger partial charge in [0.1, 0.15) is 5.75 Å². The van der Waals surface area contributed by atoms with Gasteiger partial charge in [-0.2, -0.15) is 5.10 Å². The van der Waals surface area contributed by atoms with Crippen molar-refractivity contribution in [3.05, 3.63) is 53.6 Å². The van der Waals surface area contributed by atoms with E-state index < -0.39 is 5.91 Å². The van der Waals surface area contributed by atoms with Crippen molar-refractivity contribution in [2.45, 2.75) is 7.43 Å². The first kappa shape index (κ1) is 19.9. The zero-order chi connectivity index (χ0) is 16.5. The SMILES string of the molecule is C.CO.O=C(N/N=C/c1ccccc1O)c1ccc(O)c(O)c1. The van der Waals surface area contributed by atoms with Gasteiger partial charge in [0.25, 0.3) is 5.91 Å². The monoisotopic (exact) mass is 320 g/mol. The number of aliphatic hydroxyl groups is 1. The summed E-state index contributed by atoms with van der Waals surface area (Å²) in [6.45, 7) is 0. The molecule has 0 saturated carbocycles. The van der Waals surface area contributed by atoms with E-state index in [1.807, 2.05) is 0 Å². The third-order valence-electron chi connectivity index (χ3n) is 2.54. The summed E-state index contributed by atoms with van der Waals surface area (Å²) < 4.78 is 0. The number of hydrogen-bond donors (Lipinski definition) is 5. The number of nitrogens with one attached hydrogen (secondary N) is 1. The molecular formula is C16H20N2O5. The van der Waals surface area contributed by atoms with Crippen LogP contribution in [0.2, 0.25) is 0 Å². The second-order valence-electron chi connectivity index (χ2n) is 3.96. The molecule has 0 aromatic heterocycles. The lowest BCUT2D eigenvalue weighted by molar-refractivity contribution is 0.0954. The lowest BCUT2D eigenvalue weighted by atomic mass is 10.2. The van der Waals surface area contributed by atoms with E-state index in [2.05, 4.69) is 10.5 Å². The fourth-order valence-electron chi connectivity index (χ4n) is 1.49. The van der Waals surface area contributed by atoms with Gasteiger partial charge in [0.15, 0.2) is 11.5 Å².